The zero-order valence-electron chi connectivity index (χ0n) is 15.7. The van der Waals surface area contributed by atoms with E-state index in [2.05, 4.69) is 4.98 Å². The molecule has 0 spiro atoms. The maximum absolute atomic E-state index is 15.1. The summed E-state index contributed by atoms with van der Waals surface area (Å²) in [5.41, 5.74) is 12.7. The van der Waals surface area contributed by atoms with Crippen molar-refractivity contribution in [2.45, 2.75) is 0 Å². The van der Waals surface area contributed by atoms with Crippen LogP contribution in [0.15, 0.2) is 60.7 Å². The second kappa shape index (κ2) is 8.02. The Bertz CT molecular complexity index is 1340. The summed E-state index contributed by atoms with van der Waals surface area (Å²) < 4.78 is 30.3. The topological polar surface area (TPSA) is 86.9 Å². The number of hydrogen-bond acceptors (Lipinski definition) is 3. The first-order valence-electron chi connectivity index (χ1n) is 8.96. The Labute approximate surface area is 185 Å². The minimum atomic E-state index is -0.868. The van der Waals surface area contributed by atoms with Gasteiger partial charge in [0.2, 0.25) is 0 Å². The largest absolute Gasteiger partial charge is 0.398 e. The van der Waals surface area contributed by atoms with Crippen molar-refractivity contribution in [1.29, 1.82) is 0 Å². The summed E-state index contributed by atoms with van der Waals surface area (Å²) in [6, 6.07) is 15.0. The van der Waals surface area contributed by atoms with Gasteiger partial charge in [-0.2, -0.15) is 0 Å². The third-order valence-electron chi connectivity index (χ3n) is 4.68. The average molecular weight is 459 g/mol. The first-order valence-corrected chi connectivity index (χ1v) is 9.72. The van der Waals surface area contributed by atoms with Crippen molar-refractivity contribution in [1.82, 2.24) is 9.55 Å². The monoisotopic (exact) mass is 458 g/mol. The molecule has 0 fully saturated rings. The van der Waals surface area contributed by atoms with E-state index in [1.54, 1.807) is 30.3 Å². The molecule has 31 heavy (non-hydrogen) atoms. The summed E-state index contributed by atoms with van der Waals surface area (Å²) in [4.78, 5) is 16.7. The van der Waals surface area contributed by atoms with Gasteiger partial charge in [-0.25, -0.2) is 13.8 Å². The molecule has 9 heteroatoms. The van der Waals surface area contributed by atoms with Gasteiger partial charge >= 0.3 is 0 Å². The molecule has 0 aliphatic carbocycles. The predicted molar refractivity (Wildman–Crippen MR) is 117 cm³/mol. The van der Waals surface area contributed by atoms with Crippen LogP contribution in [0.25, 0.3) is 28.3 Å². The van der Waals surface area contributed by atoms with Gasteiger partial charge in [0, 0.05) is 16.8 Å². The van der Waals surface area contributed by atoms with Gasteiger partial charge in [-0.3, -0.25) is 9.36 Å². The van der Waals surface area contributed by atoms with Gasteiger partial charge in [-0.1, -0.05) is 41.4 Å². The second-order valence-electron chi connectivity index (χ2n) is 6.62. The summed E-state index contributed by atoms with van der Waals surface area (Å²) in [7, 11) is 0. The fraction of sp³-hybridized carbons (Fsp3) is 0. The highest BCUT2D eigenvalue weighted by Gasteiger charge is 2.27. The highest BCUT2D eigenvalue weighted by atomic mass is 35.5. The number of hydrogen-bond donors (Lipinski definition) is 2. The zero-order chi connectivity index (χ0) is 22.3. The molecule has 1 heterocycles. The molecule has 156 valence electrons. The Hall–Kier alpha value is -3.42. The van der Waals surface area contributed by atoms with Gasteiger partial charge in [-0.15, -0.1) is 0 Å². The number of carbonyl (C=O) groups is 1. The lowest BCUT2D eigenvalue weighted by molar-refractivity contribution is 0.0996. The van der Waals surface area contributed by atoms with Gasteiger partial charge in [0.25, 0.3) is 5.91 Å². The van der Waals surface area contributed by atoms with Crippen LogP contribution in [0.5, 0.6) is 0 Å². The predicted octanol–water partition coefficient (Wildman–Crippen LogP) is 5.47. The Morgan fingerprint density at radius 2 is 1.71 bits per heavy atom. The molecule has 0 bridgehead atoms. The van der Waals surface area contributed by atoms with Gasteiger partial charge in [-0.05, 0) is 42.5 Å². The first kappa shape index (κ1) is 20.8. The molecule has 0 unspecified atom stereocenters. The van der Waals surface area contributed by atoms with Crippen LogP contribution in [0.2, 0.25) is 10.0 Å². The van der Waals surface area contributed by atoms with E-state index in [0.29, 0.717) is 16.8 Å². The number of anilines is 1. The lowest BCUT2D eigenvalue weighted by Crippen LogP contribution is -2.13. The Morgan fingerprint density at radius 3 is 2.39 bits per heavy atom. The molecule has 5 nitrogen and oxygen atoms in total. The van der Waals surface area contributed by atoms with Gasteiger partial charge in [0.1, 0.15) is 11.6 Å². The number of nitrogens with two attached hydrogens (primary N) is 2. The number of para-hydroxylation sites is 1. The Balaban J connectivity index is 2.17. The SMILES string of the molecule is NC(=O)c1nc(-c2ccccc2N)n(-c2cccc(Cl)c2F)c1-c1ccc(F)c(Cl)c1. The maximum atomic E-state index is 15.1. The second-order valence-corrected chi connectivity index (χ2v) is 7.44. The number of nitrogen functional groups attached to an aromatic ring is 1. The van der Waals surface area contributed by atoms with E-state index < -0.39 is 17.5 Å². The van der Waals surface area contributed by atoms with E-state index >= 15 is 4.39 Å². The molecule has 0 saturated carbocycles. The van der Waals surface area contributed by atoms with E-state index in [9.17, 15) is 9.18 Å². The quantitative estimate of drug-likeness (QED) is 0.397. The first-order chi connectivity index (χ1) is 14.8. The lowest BCUT2D eigenvalue weighted by Gasteiger charge is -2.15. The molecule has 4 rings (SSSR count). The molecule has 4 aromatic rings. The minimum absolute atomic E-state index is 0.00111. The standard InChI is InChI=1S/C22H14Cl2F2N4O/c23-13-5-3-7-17(18(13)26)30-20(11-8-9-15(25)14(24)10-11)19(21(28)31)29-22(30)12-4-1-2-6-16(12)27/h1-10H,27H2,(H2,28,31). The van der Waals surface area contributed by atoms with Crippen molar-refractivity contribution in [3.63, 3.8) is 0 Å². The molecule has 0 radical (unpaired) electrons. The fourth-order valence-corrected chi connectivity index (χ4v) is 3.63. The number of aromatic nitrogens is 2. The van der Waals surface area contributed by atoms with Gasteiger partial charge in [0.05, 0.1) is 21.4 Å². The number of rotatable bonds is 4. The van der Waals surface area contributed by atoms with E-state index in [1.807, 2.05) is 0 Å². The van der Waals surface area contributed by atoms with Crippen LogP contribution in [-0.2, 0) is 0 Å². The zero-order valence-corrected chi connectivity index (χ0v) is 17.3. The molecule has 0 aliphatic rings. The van der Waals surface area contributed by atoms with E-state index in [-0.39, 0.29) is 32.9 Å². The molecular weight excluding hydrogens is 445 g/mol. The molecular formula is C22H14Cl2F2N4O. The van der Waals surface area contributed by atoms with Crippen LogP contribution in [0.3, 0.4) is 0 Å². The Morgan fingerprint density at radius 1 is 0.968 bits per heavy atom. The highest BCUT2D eigenvalue weighted by Crippen LogP contribution is 2.38. The fourth-order valence-electron chi connectivity index (χ4n) is 3.28. The van der Waals surface area contributed by atoms with E-state index in [4.69, 9.17) is 34.7 Å². The maximum Gasteiger partial charge on any atom is 0.269 e. The van der Waals surface area contributed by atoms with Crippen molar-refractivity contribution in [2.75, 3.05) is 5.73 Å². The van der Waals surface area contributed by atoms with Crippen LogP contribution >= 0.6 is 23.2 Å². The summed E-state index contributed by atoms with van der Waals surface area (Å²) in [6.07, 6.45) is 0. The smallest absolute Gasteiger partial charge is 0.269 e. The van der Waals surface area contributed by atoms with Crippen molar-refractivity contribution >= 4 is 34.8 Å². The van der Waals surface area contributed by atoms with Crippen molar-refractivity contribution in [3.8, 4) is 28.3 Å². The Kier molecular flexibility index (Phi) is 5.39. The third kappa shape index (κ3) is 3.62. The molecule has 1 amide bonds. The van der Waals surface area contributed by atoms with Crippen LogP contribution in [0, 0.1) is 11.6 Å². The van der Waals surface area contributed by atoms with Crippen molar-refractivity contribution in [3.05, 3.63) is 88.0 Å². The normalized spacial score (nSPS) is 11.0. The number of nitrogens with zero attached hydrogens (tertiary/aromatic N) is 2. The molecule has 0 aliphatic heterocycles. The van der Waals surface area contributed by atoms with Crippen LogP contribution in [0.4, 0.5) is 14.5 Å². The molecule has 3 aromatic carbocycles. The van der Waals surface area contributed by atoms with Gasteiger partial charge in [0.15, 0.2) is 11.5 Å². The van der Waals surface area contributed by atoms with Crippen molar-refractivity contribution in [2.24, 2.45) is 5.73 Å². The van der Waals surface area contributed by atoms with E-state index in [0.717, 1.165) is 6.07 Å². The number of primary amides is 1. The summed E-state index contributed by atoms with van der Waals surface area (Å²) in [5.74, 6) is -2.11. The average Bonchev–Trinajstić information content (AvgIpc) is 3.13. The number of imidazole rings is 1. The number of amides is 1. The molecule has 4 N–H and O–H groups in total. The summed E-state index contributed by atoms with van der Waals surface area (Å²) in [6.45, 7) is 0. The number of halogens is 4. The van der Waals surface area contributed by atoms with Crippen LogP contribution < -0.4 is 11.5 Å². The number of carbonyl (C=O) groups excluding carboxylic acids is 1. The third-order valence-corrected chi connectivity index (χ3v) is 5.26. The summed E-state index contributed by atoms with van der Waals surface area (Å²) >= 11 is 12.0. The summed E-state index contributed by atoms with van der Waals surface area (Å²) in [5, 5.41) is -0.324. The molecule has 0 atom stereocenters. The van der Waals surface area contributed by atoms with Crippen LogP contribution in [-0.4, -0.2) is 15.5 Å². The van der Waals surface area contributed by atoms with Crippen molar-refractivity contribution < 1.29 is 13.6 Å². The lowest BCUT2D eigenvalue weighted by atomic mass is 10.1. The van der Waals surface area contributed by atoms with E-state index in [1.165, 1.54) is 28.8 Å². The molecule has 0 saturated heterocycles. The molecule has 1 aromatic heterocycles. The number of benzene rings is 3. The van der Waals surface area contributed by atoms with Gasteiger partial charge < -0.3 is 11.5 Å². The van der Waals surface area contributed by atoms with Crippen LogP contribution in [0.1, 0.15) is 10.5 Å². The highest BCUT2D eigenvalue weighted by molar-refractivity contribution is 6.31. The minimum Gasteiger partial charge on any atom is -0.398 e.